The van der Waals surface area contributed by atoms with Gasteiger partial charge in [-0.2, -0.15) is 0 Å². The lowest BCUT2D eigenvalue weighted by Crippen LogP contribution is -2.20. The van der Waals surface area contributed by atoms with Gasteiger partial charge in [0.1, 0.15) is 0 Å². The van der Waals surface area contributed by atoms with E-state index in [0.717, 1.165) is 12.8 Å². The first-order valence-corrected chi connectivity index (χ1v) is 5.21. The molecule has 1 nitrogen and oxygen atoms in total. The van der Waals surface area contributed by atoms with E-state index in [-0.39, 0.29) is 5.92 Å². The lowest BCUT2D eigenvalue weighted by molar-refractivity contribution is 0.180. The van der Waals surface area contributed by atoms with E-state index in [4.69, 9.17) is 0 Å². The van der Waals surface area contributed by atoms with Gasteiger partial charge < -0.3 is 5.11 Å². The molecule has 0 spiro atoms. The number of hydrogen-bond acceptors (Lipinski definition) is 1. The van der Waals surface area contributed by atoms with Crippen molar-refractivity contribution in [2.75, 3.05) is 0 Å². The quantitative estimate of drug-likeness (QED) is 0.707. The average molecular weight is 188 g/mol. The van der Waals surface area contributed by atoms with Gasteiger partial charge in [-0.25, -0.2) is 0 Å². The van der Waals surface area contributed by atoms with E-state index in [9.17, 15) is 5.11 Å². The second-order valence-electron chi connectivity index (χ2n) is 3.92. The van der Waals surface area contributed by atoms with Gasteiger partial charge in [0, 0.05) is 5.92 Å². The highest BCUT2D eigenvalue weighted by molar-refractivity contribution is 5.34. The Kier molecular flexibility index (Phi) is 2.69. The van der Waals surface area contributed by atoms with Crippen molar-refractivity contribution in [1.82, 2.24) is 0 Å². The smallest absolute Gasteiger partial charge is 0.0786 e. The van der Waals surface area contributed by atoms with Gasteiger partial charge in [-0.05, 0) is 30.4 Å². The van der Waals surface area contributed by atoms with Crippen molar-refractivity contribution in [3.05, 3.63) is 48.0 Å². The molecule has 14 heavy (non-hydrogen) atoms. The molecule has 0 bridgehead atoms. The van der Waals surface area contributed by atoms with Crippen LogP contribution in [-0.2, 0) is 6.42 Å². The van der Waals surface area contributed by atoms with Gasteiger partial charge in [-0.15, -0.1) is 6.58 Å². The minimum absolute atomic E-state index is 0.262. The van der Waals surface area contributed by atoms with Crippen LogP contribution in [-0.4, -0.2) is 11.2 Å². The highest BCUT2D eigenvalue weighted by Gasteiger charge is 2.24. The number of aliphatic hydroxyl groups excluding tert-OH is 1. The van der Waals surface area contributed by atoms with Crippen molar-refractivity contribution in [3.63, 3.8) is 0 Å². The number of aliphatic hydroxyl groups is 1. The standard InChI is InChI=1S/C13H16O/c1-2-13(14)12-9-5-7-10-6-3-4-8-11(10)12/h2-4,6,8,12-14H,1,5,7,9H2. The molecule has 0 aliphatic heterocycles. The lowest BCUT2D eigenvalue weighted by atomic mass is 9.80. The summed E-state index contributed by atoms with van der Waals surface area (Å²) in [4.78, 5) is 0. The van der Waals surface area contributed by atoms with Crippen LogP contribution in [0, 0.1) is 0 Å². The predicted octanol–water partition coefficient (Wildman–Crippen LogP) is 2.65. The molecule has 0 heterocycles. The first kappa shape index (κ1) is 9.47. The Morgan fingerprint density at radius 1 is 1.43 bits per heavy atom. The number of hydrogen-bond donors (Lipinski definition) is 1. The van der Waals surface area contributed by atoms with Gasteiger partial charge in [0.15, 0.2) is 0 Å². The van der Waals surface area contributed by atoms with E-state index in [1.165, 1.54) is 17.5 Å². The van der Waals surface area contributed by atoms with Gasteiger partial charge in [-0.1, -0.05) is 30.3 Å². The summed E-state index contributed by atoms with van der Waals surface area (Å²) in [5, 5.41) is 9.81. The van der Waals surface area contributed by atoms with Crippen LogP contribution in [0.1, 0.15) is 29.9 Å². The largest absolute Gasteiger partial charge is 0.388 e. The van der Waals surface area contributed by atoms with E-state index in [2.05, 4.69) is 24.8 Å². The molecule has 0 fully saturated rings. The van der Waals surface area contributed by atoms with Crippen molar-refractivity contribution in [1.29, 1.82) is 0 Å². The molecule has 0 aromatic heterocycles. The molecule has 1 aliphatic rings. The molecule has 2 rings (SSSR count). The number of rotatable bonds is 2. The van der Waals surface area contributed by atoms with Gasteiger partial charge in [-0.3, -0.25) is 0 Å². The summed E-state index contributed by atoms with van der Waals surface area (Å²) >= 11 is 0. The maximum absolute atomic E-state index is 9.81. The minimum Gasteiger partial charge on any atom is -0.388 e. The first-order chi connectivity index (χ1) is 6.83. The van der Waals surface area contributed by atoms with Crippen molar-refractivity contribution in [3.8, 4) is 0 Å². The Hall–Kier alpha value is -1.08. The van der Waals surface area contributed by atoms with E-state index >= 15 is 0 Å². The fraction of sp³-hybridized carbons (Fsp3) is 0.385. The lowest BCUT2D eigenvalue weighted by Gasteiger charge is -2.27. The highest BCUT2D eigenvalue weighted by Crippen LogP contribution is 2.33. The summed E-state index contributed by atoms with van der Waals surface area (Å²) in [5.74, 6) is 0.262. The molecule has 0 radical (unpaired) electrons. The molecule has 2 atom stereocenters. The summed E-state index contributed by atoms with van der Waals surface area (Å²) in [6, 6.07) is 8.41. The molecule has 0 amide bonds. The third kappa shape index (κ3) is 1.60. The summed E-state index contributed by atoms with van der Waals surface area (Å²) in [7, 11) is 0. The van der Waals surface area contributed by atoms with Gasteiger partial charge in [0.05, 0.1) is 6.10 Å². The summed E-state index contributed by atoms with van der Waals surface area (Å²) in [5.41, 5.74) is 2.70. The summed E-state index contributed by atoms with van der Waals surface area (Å²) in [6.45, 7) is 3.66. The van der Waals surface area contributed by atoms with E-state index in [1.54, 1.807) is 6.08 Å². The van der Waals surface area contributed by atoms with Crippen LogP contribution in [0.3, 0.4) is 0 Å². The van der Waals surface area contributed by atoms with Crippen LogP contribution in [0.15, 0.2) is 36.9 Å². The first-order valence-electron chi connectivity index (χ1n) is 5.21. The minimum atomic E-state index is -0.392. The Labute approximate surface area is 85.1 Å². The zero-order valence-electron chi connectivity index (χ0n) is 8.32. The van der Waals surface area contributed by atoms with Crippen LogP contribution < -0.4 is 0 Å². The van der Waals surface area contributed by atoms with Crippen molar-refractivity contribution in [2.45, 2.75) is 31.3 Å². The normalized spacial score (nSPS) is 22.5. The van der Waals surface area contributed by atoms with Crippen molar-refractivity contribution < 1.29 is 5.11 Å². The number of fused-ring (bicyclic) bond motifs is 1. The molecule has 0 saturated carbocycles. The third-order valence-corrected chi connectivity index (χ3v) is 3.07. The van der Waals surface area contributed by atoms with Gasteiger partial charge in [0.2, 0.25) is 0 Å². The second kappa shape index (κ2) is 3.97. The topological polar surface area (TPSA) is 20.2 Å². The Morgan fingerprint density at radius 3 is 3.00 bits per heavy atom. The molecule has 1 aliphatic carbocycles. The molecule has 1 aromatic carbocycles. The van der Waals surface area contributed by atoms with E-state index in [0.29, 0.717) is 0 Å². The second-order valence-corrected chi connectivity index (χ2v) is 3.92. The Balaban J connectivity index is 2.35. The van der Waals surface area contributed by atoms with Gasteiger partial charge >= 0.3 is 0 Å². The molecule has 0 saturated heterocycles. The van der Waals surface area contributed by atoms with Crippen LogP contribution in [0.5, 0.6) is 0 Å². The molecule has 1 heteroatoms. The monoisotopic (exact) mass is 188 g/mol. The van der Waals surface area contributed by atoms with Crippen LogP contribution in [0.2, 0.25) is 0 Å². The maximum atomic E-state index is 9.81. The molecular formula is C13H16O. The molecule has 1 N–H and O–H groups in total. The number of benzene rings is 1. The Bertz CT molecular complexity index is 330. The van der Waals surface area contributed by atoms with Crippen LogP contribution >= 0.6 is 0 Å². The molecular weight excluding hydrogens is 172 g/mol. The SMILES string of the molecule is C=CC(O)C1CCCc2ccccc21. The summed E-state index contributed by atoms with van der Waals surface area (Å²) in [6.07, 6.45) is 4.65. The maximum Gasteiger partial charge on any atom is 0.0786 e. The van der Waals surface area contributed by atoms with E-state index in [1.807, 2.05) is 6.07 Å². The zero-order chi connectivity index (χ0) is 9.97. The van der Waals surface area contributed by atoms with Crippen LogP contribution in [0.4, 0.5) is 0 Å². The average Bonchev–Trinajstić information content (AvgIpc) is 2.27. The van der Waals surface area contributed by atoms with Crippen molar-refractivity contribution >= 4 is 0 Å². The molecule has 74 valence electrons. The van der Waals surface area contributed by atoms with Gasteiger partial charge in [0.25, 0.3) is 0 Å². The molecule has 1 aromatic rings. The van der Waals surface area contributed by atoms with E-state index < -0.39 is 6.10 Å². The third-order valence-electron chi connectivity index (χ3n) is 3.07. The van der Waals surface area contributed by atoms with Crippen molar-refractivity contribution in [2.24, 2.45) is 0 Å². The number of aryl methyl sites for hydroxylation is 1. The fourth-order valence-corrected chi connectivity index (χ4v) is 2.31. The Morgan fingerprint density at radius 2 is 2.21 bits per heavy atom. The molecule has 2 unspecified atom stereocenters. The predicted molar refractivity (Wildman–Crippen MR) is 58.3 cm³/mol. The fourth-order valence-electron chi connectivity index (χ4n) is 2.31. The zero-order valence-corrected chi connectivity index (χ0v) is 8.32. The summed E-state index contributed by atoms with van der Waals surface area (Å²) < 4.78 is 0. The highest BCUT2D eigenvalue weighted by atomic mass is 16.3. The van der Waals surface area contributed by atoms with Crippen LogP contribution in [0.25, 0.3) is 0 Å².